The summed E-state index contributed by atoms with van der Waals surface area (Å²) in [5.74, 6) is -1.10. The average Bonchev–Trinajstić information content (AvgIpc) is 2.74. The number of thioether (sulfide) groups is 1. The van der Waals surface area contributed by atoms with Gasteiger partial charge in [-0.25, -0.2) is 4.79 Å². The van der Waals surface area contributed by atoms with E-state index in [0.717, 1.165) is 16.5 Å². The Bertz CT molecular complexity index is 494. The van der Waals surface area contributed by atoms with Crippen LogP contribution in [0.15, 0.2) is 12.1 Å². The van der Waals surface area contributed by atoms with Crippen LogP contribution in [0.2, 0.25) is 0 Å². The Balaban J connectivity index is 2.72. The van der Waals surface area contributed by atoms with Crippen LogP contribution in [0.25, 0.3) is 6.08 Å². The van der Waals surface area contributed by atoms with Gasteiger partial charge in [0.15, 0.2) is 0 Å². The van der Waals surface area contributed by atoms with E-state index >= 15 is 0 Å². The van der Waals surface area contributed by atoms with E-state index in [1.807, 2.05) is 20.1 Å². The lowest BCUT2D eigenvalue weighted by Crippen LogP contribution is -2.28. The molecule has 0 aliphatic carbocycles. The standard InChI is InChI=1S/C13H17NO3S2/c1-8-6-11(13(17)14-7-9(2)18-3)19-10(8)4-5-12(15)16/h4-6,9H,7H2,1-3H3,(H,14,17)(H,15,16)/b5-4+. The molecular formula is C13H17NO3S2. The van der Waals surface area contributed by atoms with Crippen molar-refractivity contribution in [2.24, 2.45) is 0 Å². The lowest BCUT2D eigenvalue weighted by atomic mass is 10.2. The highest BCUT2D eigenvalue weighted by Gasteiger charge is 2.12. The highest BCUT2D eigenvalue weighted by Crippen LogP contribution is 2.23. The number of aryl methyl sites for hydroxylation is 1. The van der Waals surface area contributed by atoms with Gasteiger partial charge in [0.2, 0.25) is 0 Å². The molecule has 0 aliphatic heterocycles. The second-order valence-corrected chi connectivity index (χ2v) is 6.45. The molecule has 0 saturated carbocycles. The van der Waals surface area contributed by atoms with Crippen molar-refractivity contribution in [3.63, 3.8) is 0 Å². The molecule has 1 unspecified atom stereocenters. The van der Waals surface area contributed by atoms with Crippen molar-refractivity contribution in [3.05, 3.63) is 27.5 Å². The van der Waals surface area contributed by atoms with Crippen LogP contribution in [0.3, 0.4) is 0 Å². The fraction of sp³-hybridized carbons (Fsp3) is 0.385. The summed E-state index contributed by atoms with van der Waals surface area (Å²) < 4.78 is 0. The zero-order valence-electron chi connectivity index (χ0n) is 11.1. The first-order valence-corrected chi connectivity index (χ1v) is 7.87. The van der Waals surface area contributed by atoms with Gasteiger partial charge in [0.25, 0.3) is 5.91 Å². The molecule has 0 fully saturated rings. The molecule has 1 aromatic rings. The van der Waals surface area contributed by atoms with Gasteiger partial charge in [0.1, 0.15) is 0 Å². The number of nitrogens with one attached hydrogen (secondary N) is 1. The summed E-state index contributed by atoms with van der Waals surface area (Å²) in [6, 6.07) is 1.78. The molecule has 0 radical (unpaired) electrons. The second kappa shape index (κ2) is 7.35. The zero-order valence-corrected chi connectivity index (χ0v) is 12.7. The molecule has 0 aromatic carbocycles. The molecule has 1 heterocycles. The summed E-state index contributed by atoms with van der Waals surface area (Å²) in [7, 11) is 0. The van der Waals surface area contributed by atoms with Crippen molar-refractivity contribution in [1.29, 1.82) is 0 Å². The van der Waals surface area contributed by atoms with Crippen LogP contribution in [-0.4, -0.2) is 35.0 Å². The van der Waals surface area contributed by atoms with Crippen molar-refractivity contribution in [2.75, 3.05) is 12.8 Å². The third-order valence-corrected chi connectivity index (χ3v) is 4.68. The molecule has 1 aromatic heterocycles. The Morgan fingerprint density at radius 2 is 2.26 bits per heavy atom. The number of carbonyl (C=O) groups excluding carboxylic acids is 1. The first kappa shape index (κ1) is 15.8. The Morgan fingerprint density at radius 1 is 1.58 bits per heavy atom. The lowest BCUT2D eigenvalue weighted by molar-refractivity contribution is -0.131. The Kier molecular flexibility index (Phi) is 6.11. The van der Waals surface area contributed by atoms with Crippen LogP contribution >= 0.6 is 23.1 Å². The largest absolute Gasteiger partial charge is 0.478 e. The summed E-state index contributed by atoms with van der Waals surface area (Å²) in [4.78, 5) is 23.8. The predicted molar refractivity (Wildman–Crippen MR) is 81.0 cm³/mol. The van der Waals surface area contributed by atoms with E-state index < -0.39 is 5.97 Å². The third-order valence-electron chi connectivity index (χ3n) is 2.51. The average molecular weight is 299 g/mol. The van der Waals surface area contributed by atoms with Crippen molar-refractivity contribution >= 4 is 41.1 Å². The third kappa shape index (κ3) is 5.08. The maximum atomic E-state index is 11.9. The van der Waals surface area contributed by atoms with Gasteiger partial charge in [-0.3, -0.25) is 4.79 Å². The molecule has 19 heavy (non-hydrogen) atoms. The molecule has 1 atom stereocenters. The number of carboxylic acids is 1. The van der Waals surface area contributed by atoms with E-state index in [9.17, 15) is 9.59 Å². The van der Waals surface area contributed by atoms with Crippen LogP contribution < -0.4 is 5.32 Å². The first-order chi connectivity index (χ1) is 8.93. The molecule has 0 saturated heterocycles. The van der Waals surface area contributed by atoms with Gasteiger partial charge in [-0.15, -0.1) is 11.3 Å². The zero-order chi connectivity index (χ0) is 14.4. The quantitative estimate of drug-likeness (QED) is 0.793. The number of rotatable bonds is 6. The monoisotopic (exact) mass is 299 g/mol. The van der Waals surface area contributed by atoms with Crippen molar-refractivity contribution in [2.45, 2.75) is 19.1 Å². The summed E-state index contributed by atoms with van der Waals surface area (Å²) in [5, 5.41) is 11.8. The van der Waals surface area contributed by atoms with Crippen molar-refractivity contribution < 1.29 is 14.7 Å². The van der Waals surface area contributed by atoms with Gasteiger partial charge in [-0.1, -0.05) is 6.92 Å². The number of carboxylic acid groups (broad SMARTS) is 1. The van der Waals surface area contributed by atoms with Gasteiger partial charge in [0.05, 0.1) is 4.88 Å². The number of hydrogen-bond donors (Lipinski definition) is 2. The molecule has 6 heteroatoms. The normalized spacial score (nSPS) is 12.6. The second-order valence-electron chi connectivity index (χ2n) is 4.09. The maximum Gasteiger partial charge on any atom is 0.328 e. The van der Waals surface area contributed by atoms with E-state index in [4.69, 9.17) is 5.11 Å². The summed E-state index contributed by atoms with van der Waals surface area (Å²) in [6.45, 7) is 4.53. The van der Waals surface area contributed by atoms with Gasteiger partial charge in [-0.05, 0) is 30.9 Å². The van der Waals surface area contributed by atoms with E-state index in [2.05, 4.69) is 5.32 Å². The number of aliphatic carboxylic acids is 1. The molecule has 1 rings (SSSR count). The van der Waals surface area contributed by atoms with E-state index in [1.54, 1.807) is 17.8 Å². The minimum Gasteiger partial charge on any atom is -0.478 e. The van der Waals surface area contributed by atoms with E-state index in [0.29, 0.717) is 16.7 Å². The fourth-order valence-corrected chi connectivity index (χ4v) is 2.57. The molecule has 1 amide bonds. The molecule has 2 N–H and O–H groups in total. The van der Waals surface area contributed by atoms with Crippen LogP contribution in [0.1, 0.15) is 27.0 Å². The summed E-state index contributed by atoms with van der Waals surface area (Å²) >= 11 is 2.99. The van der Waals surface area contributed by atoms with Gasteiger partial charge >= 0.3 is 5.97 Å². The summed E-state index contributed by atoms with van der Waals surface area (Å²) in [6.07, 6.45) is 4.60. The van der Waals surface area contributed by atoms with Crippen LogP contribution in [0.5, 0.6) is 0 Å². The van der Waals surface area contributed by atoms with E-state index in [-0.39, 0.29) is 5.91 Å². The predicted octanol–water partition coefficient (Wildman–Crippen LogP) is 2.64. The maximum absolute atomic E-state index is 11.9. The number of carbonyl (C=O) groups is 2. The van der Waals surface area contributed by atoms with Crippen LogP contribution in [0, 0.1) is 6.92 Å². The molecular weight excluding hydrogens is 282 g/mol. The van der Waals surface area contributed by atoms with Crippen molar-refractivity contribution in [1.82, 2.24) is 5.32 Å². The molecule has 104 valence electrons. The minimum atomic E-state index is -0.993. The molecule has 0 spiro atoms. The Hall–Kier alpha value is -1.27. The lowest BCUT2D eigenvalue weighted by Gasteiger charge is -2.08. The number of hydrogen-bond acceptors (Lipinski definition) is 4. The topological polar surface area (TPSA) is 66.4 Å². The van der Waals surface area contributed by atoms with E-state index in [1.165, 1.54) is 17.4 Å². The van der Waals surface area contributed by atoms with Crippen molar-refractivity contribution in [3.8, 4) is 0 Å². The minimum absolute atomic E-state index is 0.107. The fourth-order valence-electron chi connectivity index (χ4n) is 1.33. The first-order valence-electron chi connectivity index (χ1n) is 5.76. The SMILES string of the molecule is CSC(C)CNC(=O)c1cc(C)c(/C=C/C(=O)O)s1. The Morgan fingerprint density at radius 3 is 2.84 bits per heavy atom. The van der Waals surface area contributed by atoms with Gasteiger partial charge in [-0.2, -0.15) is 11.8 Å². The number of thiophene rings is 1. The Labute approximate surface area is 120 Å². The highest BCUT2D eigenvalue weighted by molar-refractivity contribution is 7.99. The molecule has 0 aliphatic rings. The number of amides is 1. The van der Waals surface area contributed by atoms with Gasteiger partial charge < -0.3 is 10.4 Å². The van der Waals surface area contributed by atoms with Crippen LogP contribution in [0.4, 0.5) is 0 Å². The molecule has 4 nitrogen and oxygen atoms in total. The van der Waals surface area contributed by atoms with Crippen LogP contribution in [-0.2, 0) is 4.79 Å². The summed E-state index contributed by atoms with van der Waals surface area (Å²) in [5.41, 5.74) is 0.908. The molecule has 0 bridgehead atoms. The smallest absolute Gasteiger partial charge is 0.328 e. The van der Waals surface area contributed by atoms with Gasteiger partial charge in [0, 0.05) is 22.7 Å². The highest BCUT2D eigenvalue weighted by atomic mass is 32.2.